The molecule has 0 aliphatic carbocycles. The van der Waals surface area contributed by atoms with E-state index in [1.807, 2.05) is 38.4 Å². The third-order valence-corrected chi connectivity index (χ3v) is 2.56. The van der Waals surface area contributed by atoms with E-state index in [1.165, 1.54) is 6.08 Å². The maximum Gasteiger partial charge on any atom is 0.337 e. The highest BCUT2D eigenvalue weighted by Gasteiger charge is 2.23. The molecular formula is C14H18NO+. The molecule has 0 saturated carbocycles. The Morgan fingerprint density at radius 2 is 1.81 bits per heavy atom. The Hall–Kier alpha value is -1.67. The molecule has 2 nitrogen and oxygen atoms in total. The summed E-state index contributed by atoms with van der Waals surface area (Å²) in [5.41, 5.74) is 2.22. The molecule has 16 heavy (non-hydrogen) atoms. The Kier molecular flexibility index (Phi) is 3.80. The van der Waals surface area contributed by atoms with E-state index in [9.17, 15) is 4.79 Å². The van der Waals surface area contributed by atoms with Gasteiger partial charge in [0.15, 0.2) is 0 Å². The van der Waals surface area contributed by atoms with Gasteiger partial charge in [-0.25, -0.2) is 4.79 Å². The molecule has 0 unspecified atom stereocenters. The monoisotopic (exact) mass is 216 g/mol. The van der Waals surface area contributed by atoms with Gasteiger partial charge >= 0.3 is 5.91 Å². The van der Waals surface area contributed by atoms with Gasteiger partial charge in [-0.15, -0.1) is 0 Å². The second-order valence-electron chi connectivity index (χ2n) is 4.33. The summed E-state index contributed by atoms with van der Waals surface area (Å²) in [4.78, 5) is 11.6. The molecule has 0 spiro atoms. The van der Waals surface area contributed by atoms with Crippen LogP contribution in [0.4, 0.5) is 0 Å². The summed E-state index contributed by atoms with van der Waals surface area (Å²) in [5.74, 6) is 0.0211. The van der Waals surface area contributed by atoms with Crippen molar-refractivity contribution in [3.8, 4) is 0 Å². The van der Waals surface area contributed by atoms with E-state index in [-0.39, 0.29) is 10.4 Å². The summed E-state index contributed by atoms with van der Waals surface area (Å²) in [5, 5.41) is 0. The van der Waals surface area contributed by atoms with E-state index in [0.717, 1.165) is 11.1 Å². The van der Waals surface area contributed by atoms with Crippen LogP contribution in [-0.2, 0) is 11.3 Å². The van der Waals surface area contributed by atoms with E-state index in [4.69, 9.17) is 0 Å². The predicted molar refractivity (Wildman–Crippen MR) is 67.5 cm³/mol. The lowest BCUT2D eigenvalue weighted by molar-refractivity contribution is -0.825. The van der Waals surface area contributed by atoms with Crippen molar-refractivity contribution in [1.29, 1.82) is 0 Å². The fraction of sp³-hybridized carbons (Fsp3) is 0.214. The topological polar surface area (TPSA) is 17.1 Å². The largest absolute Gasteiger partial charge is 0.337 e. The Balaban J connectivity index is 2.83. The van der Waals surface area contributed by atoms with Gasteiger partial charge in [0.05, 0.1) is 14.1 Å². The number of quaternary nitrogens is 1. The highest BCUT2D eigenvalue weighted by molar-refractivity contribution is 5.80. The highest BCUT2D eigenvalue weighted by atomic mass is 16.2. The molecular weight excluding hydrogens is 198 g/mol. The molecule has 0 fully saturated rings. The lowest BCUT2D eigenvalue weighted by Gasteiger charge is -2.25. The van der Waals surface area contributed by atoms with Crippen LogP contribution in [0, 0.1) is 0 Å². The van der Waals surface area contributed by atoms with Crippen molar-refractivity contribution in [2.75, 3.05) is 14.1 Å². The molecule has 2 heteroatoms. The summed E-state index contributed by atoms with van der Waals surface area (Å²) in [6, 6.07) is 8.04. The van der Waals surface area contributed by atoms with Crippen molar-refractivity contribution in [3.05, 3.63) is 54.6 Å². The normalized spacial score (nSPS) is 10.9. The zero-order chi connectivity index (χ0) is 12.2. The molecule has 0 saturated heterocycles. The number of rotatable bonds is 4. The number of likely N-dealkylation sites (N-methyl/N-ethyl adjacent to an activating group) is 1. The van der Waals surface area contributed by atoms with Crippen LogP contribution in [0.5, 0.6) is 0 Å². The van der Waals surface area contributed by atoms with E-state index in [0.29, 0.717) is 6.54 Å². The van der Waals surface area contributed by atoms with Crippen LogP contribution in [0.3, 0.4) is 0 Å². The van der Waals surface area contributed by atoms with Crippen LogP contribution in [-0.4, -0.2) is 24.5 Å². The smallest absolute Gasteiger partial charge is 0.258 e. The SMILES string of the molecule is C=CC(=O)[N+](C)(C)Cc1ccc(C=C)cc1. The number of carbonyl (C=O) groups excluding carboxylic acids is 1. The summed E-state index contributed by atoms with van der Waals surface area (Å²) < 4.78 is 0.289. The third-order valence-electron chi connectivity index (χ3n) is 2.56. The fourth-order valence-corrected chi connectivity index (χ4v) is 1.54. The van der Waals surface area contributed by atoms with Crippen molar-refractivity contribution >= 4 is 12.0 Å². The minimum absolute atomic E-state index is 0.0211. The molecule has 1 aromatic carbocycles. The molecule has 0 heterocycles. The summed E-state index contributed by atoms with van der Waals surface area (Å²) >= 11 is 0. The van der Waals surface area contributed by atoms with Gasteiger partial charge in [-0.3, -0.25) is 4.48 Å². The van der Waals surface area contributed by atoms with Crippen LogP contribution in [0.25, 0.3) is 6.08 Å². The first-order chi connectivity index (χ1) is 7.49. The van der Waals surface area contributed by atoms with E-state index in [1.54, 1.807) is 6.08 Å². The van der Waals surface area contributed by atoms with Crippen molar-refractivity contribution in [2.45, 2.75) is 6.54 Å². The van der Waals surface area contributed by atoms with E-state index < -0.39 is 0 Å². The molecule has 0 bridgehead atoms. The van der Waals surface area contributed by atoms with E-state index in [2.05, 4.69) is 13.2 Å². The van der Waals surface area contributed by atoms with Crippen LogP contribution in [0.1, 0.15) is 11.1 Å². The zero-order valence-electron chi connectivity index (χ0n) is 9.94. The number of amides is 1. The Morgan fingerprint density at radius 1 is 1.25 bits per heavy atom. The minimum atomic E-state index is 0.0211. The Morgan fingerprint density at radius 3 is 2.25 bits per heavy atom. The van der Waals surface area contributed by atoms with Crippen LogP contribution >= 0.6 is 0 Å². The lowest BCUT2D eigenvalue weighted by atomic mass is 10.1. The van der Waals surface area contributed by atoms with Gasteiger partial charge in [-0.2, -0.15) is 0 Å². The van der Waals surface area contributed by atoms with Gasteiger partial charge in [0.1, 0.15) is 6.54 Å². The second-order valence-corrected chi connectivity index (χ2v) is 4.33. The minimum Gasteiger partial charge on any atom is -0.258 e. The molecule has 0 atom stereocenters. The average Bonchev–Trinajstić information content (AvgIpc) is 2.28. The molecule has 84 valence electrons. The maximum absolute atomic E-state index is 11.6. The number of carbonyl (C=O) groups is 1. The molecule has 1 amide bonds. The van der Waals surface area contributed by atoms with Gasteiger partial charge in [0.25, 0.3) is 0 Å². The summed E-state index contributed by atoms with van der Waals surface area (Å²) in [6.45, 7) is 7.89. The number of benzene rings is 1. The maximum atomic E-state index is 11.6. The Labute approximate surface area is 97.1 Å². The molecule has 0 aliphatic heterocycles. The highest BCUT2D eigenvalue weighted by Crippen LogP contribution is 2.12. The van der Waals surface area contributed by atoms with Crippen LogP contribution in [0.2, 0.25) is 0 Å². The van der Waals surface area contributed by atoms with E-state index >= 15 is 0 Å². The molecule has 0 radical (unpaired) electrons. The molecule has 1 rings (SSSR count). The first-order valence-corrected chi connectivity index (χ1v) is 5.21. The average molecular weight is 216 g/mol. The number of hydrogen-bond acceptors (Lipinski definition) is 1. The predicted octanol–water partition coefficient (Wildman–Crippen LogP) is 2.62. The van der Waals surface area contributed by atoms with Gasteiger partial charge in [-0.1, -0.05) is 43.5 Å². The van der Waals surface area contributed by atoms with Gasteiger partial charge in [-0.05, 0) is 5.56 Å². The van der Waals surface area contributed by atoms with Crippen LogP contribution in [0.15, 0.2) is 43.5 Å². The third kappa shape index (κ3) is 2.91. The van der Waals surface area contributed by atoms with Gasteiger partial charge in [0.2, 0.25) is 0 Å². The number of hydrogen-bond donors (Lipinski definition) is 0. The quantitative estimate of drug-likeness (QED) is 0.558. The van der Waals surface area contributed by atoms with Gasteiger partial charge in [0, 0.05) is 11.6 Å². The molecule has 0 aliphatic rings. The fourth-order valence-electron chi connectivity index (χ4n) is 1.54. The summed E-state index contributed by atoms with van der Waals surface area (Å²) in [6.07, 6.45) is 3.18. The summed E-state index contributed by atoms with van der Waals surface area (Å²) in [7, 11) is 3.76. The standard InChI is InChI=1S/C14H18NO/c1-5-12-7-9-13(10-8-12)11-15(3,4)14(16)6-2/h5-10H,1-2,11H2,3-4H3/q+1. The zero-order valence-corrected chi connectivity index (χ0v) is 9.94. The molecule has 1 aromatic rings. The lowest BCUT2D eigenvalue weighted by Crippen LogP contribution is -2.43. The van der Waals surface area contributed by atoms with Crippen molar-refractivity contribution in [2.24, 2.45) is 0 Å². The molecule has 0 N–H and O–H groups in total. The van der Waals surface area contributed by atoms with Crippen molar-refractivity contribution in [3.63, 3.8) is 0 Å². The van der Waals surface area contributed by atoms with Gasteiger partial charge < -0.3 is 0 Å². The second kappa shape index (κ2) is 4.90. The number of nitrogens with zero attached hydrogens (tertiary/aromatic N) is 1. The first kappa shape index (κ1) is 12.4. The van der Waals surface area contributed by atoms with Crippen molar-refractivity contribution in [1.82, 2.24) is 0 Å². The van der Waals surface area contributed by atoms with Crippen molar-refractivity contribution < 1.29 is 9.28 Å². The molecule has 0 aromatic heterocycles. The Bertz CT molecular complexity index is 401. The first-order valence-electron chi connectivity index (χ1n) is 5.21. The van der Waals surface area contributed by atoms with Crippen LogP contribution < -0.4 is 0 Å².